The third-order valence-electron chi connectivity index (χ3n) is 3.86. The predicted molar refractivity (Wildman–Crippen MR) is 74.6 cm³/mol. The van der Waals surface area contributed by atoms with E-state index in [-0.39, 0.29) is 0 Å². The summed E-state index contributed by atoms with van der Waals surface area (Å²) in [6, 6.07) is 5.25. The van der Waals surface area contributed by atoms with Crippen molar-refractivity contribution in [3.05, 3.63) is 29.3 Å². The van der Waals surface area contributed by atoms with Gasteiger partial charge in [-0.15, -0.1) is 0 Å². The van der Waals surface area contributed by atoms with Crippen LogP contribution in [-0.2, 0) is 16.3 Å². The van der Waals surface area contributed by atoms with E-state index in [9.17, 15) is 8.42 Å². The van der Waals surface area contributed by atoms with Gasteiger partial charge in [-0.25, -0.2) is 8.42 Å². The lowest BCUT2D eigenvalue weighted by molar-refractivity contribution is 0.356. The molecule has 0 fully saturated rings. The van der Waals surface area contributed by atoms with Gasteiger partial charge in [0, 0.05) is 12.7 Å². The van der Waals surface area contributed by atoms with Crippen LogP contribution in [0.4, 0.5) is 0 Å². The zero-order valence-corrected chi connectivity index (χ0v) is 12.3. The minimum atomic E-state index is -3.25. The number of fused-ring (bicyclic) bond motifs is 1. The van der Waals surface area contributed by atoms with Crippen LogP contribution in [0, 0.1) is 0 Å². The summed E-state index contributed by atoms with van der Waals surface area (Å²) in [6.07, 6.45) is 2.08. The summed E-state index contributed by atoms with van der Waals surface area (Å²) in [4.78, 5) is 0. The van der Waals surface area contributed by atoms with Gasteiger partial charge >= 0.3 is 0 Å². The first kappa shape index (κ1) is 14.3. The van der Waals surface area contributed by atoms with Crippen LogP contribution in [0.15, 0.2) is 18.2 Å². The van der Waals surface area contributed by atoms with Crippen molar-refractivity contribution < 1.29 is 13.2 Å². The van der Waals surface area contributed by atoms with Crippen molar-refractivity contribution in [1.82, 2.24) is 5.43 Å². The van der Waals surface area contributed by atoms with Crippen molar-refractivity contribution >= 4 is 9.84 Å². The van der Waals surface area contributed by atoms with Gasteiger partial charge in [-0.2, -0.15) is 0 Å². The zero-order valence-electron chi connectivity index (χ0n) is 11.4. The highest BCUT2D eigenvalue weighted by Gasteiger charge is 2.39. The molecule has 0 saturated carbocycles. The number of rotatable bonds is 4. The lowest BCUT2D eigenvalue weighted by atomic mass is 9.94. The summed E-state index contributed by atoms with van der Waals surface area (Å²) in [5.74, 6) is 6.46. The molecule has 1 atom stereocenters. The highest BCUT2D eigenvalue weighted by atomic mass is 32.2. The molecule has 1 aliphatic heterocycles. The fourth-order valence-electron chi connectivity index (χ4n) is 2.30. The van der Waals surface area contributed by atoms with Gasteiger partial charge in [-0.3, -0.25) is 11.3 Å². The van der Waals surface area contributed by atoms with E-state index in [1.54, 1.807) is 13.8 Å². The first-order valence-electron chi connectivity index (χ1n) is 6.18. The van der Waals surface area contributed by atoms with Gasteiger partial charge < -0.3 is 4.74 Å². The van der Waals surface area contributed by atoms with Gasteiger partial charge in [0.05, 0.1) is 17.4 Å². The Balaban J connectivity index is 2.43. The van der Waals surface area contributed by atoms with Crippen molar-refractivity contribution in [2.24, 2.45) is 5.84 Å². The molecule has 1 heterocycles. The molecule has 19 heavy (non-hydrogen) atoms. The Kier molecular flexibility index (Phi) is 3.59. The Morgan fingerprint density at radius 1 is 1.42 bits per heavy atom. The van der Waals surface area contributed by atoms with E-state index in [0.29, 0.717) is 6.61 Å². The van der Waals surface area contributed by atoms with Crippen molar-refractivity contribution in [2.45, 2.75) is 31.1 Å². The summed E-state index contributed by atoms with van der Waals surface area (Å²) < 4.78 is 28.3. The summed E-state index contributed by atoms with van der Waals surface area (Å²) in [5.41, 5.74) is 4.60. The largest absolute Gasteiger partial charge is 0.493 e. The number of hydrazine groups is 1. The van der Waals surface area contributed by atoms with E-state index in [2.05, 4.69) is 5.43 Å². The van der Waals surface area contributed by atoms with E-state index >= 15 is 0 Å². The number of ether oxygens (including phenoxy) is 1. The third-order valence-corrected chi connectivity index (χ3v) is 6.01. The van der Waals surface area contributed by atoms with Crippen molar-refractivity contribution in [3.8, 4) is 5.75 Å². The molecule has 6 heteroatoms. The highest BCUT2D eigenvalue weighted by Crippen LogP contribution is 2.35. The standard InChI is InChI=1S/C13H20N2O3S/c1-13(2,19(3,16)17)12(15-14)10-4-5-11-9(8-10)6-7-18-11/h4-5,8,12,15H,6-7,14H2,1-3H3. The normalized spacial score (nSPS) is 16.8. The van der Waals surface area contributed by atoms with Crippen LogP contribution in [0.2, 0.25) is 0 Å². The number of hydrogen-bond acceptors (Lipinski definition) is 5. The molecule has 0 aromatic heterocycles. The molecule has 0 radical (unpaired) electrons. The molecule has 0 saturated heterocycles. The molecular formula is C13H20N2O3S. The number of nitrogens with two attached hydrogens (primary N) is 1. The molecule has 0 spiro atoms. The predicted octanol–water partition coefficient (Wildman–Crippen LogP) is 0.949. The summed E-state index contributed by atoms with van der Waals surface area (Å²) in [5, 5.41) is 0. The maximum absolute atomic E-state index is 11.9. The Hall–Kier alpha value is -1.11. The Labute approximate surface area is 114 Å². The fraction of sp³-hybridized carbons (Fsp3) is 0.538. The van der Waals surface area contributed by atoms with E-state index in [4.69, 9.17) is 10.6 Å². The molecule has 1 aliphatic rings. The molecule has 1 aromatic rings. The minimum absolute atomic E-state index is 0.464. The average molecular weight is 284 g/mol. The molecule has 106 valence electrons. The monoisotopic (exact) mass is 284 g/mol. The van der Waals surface area contributed by atoms with Gasteiger partial charge in [0.2, 0.25) is 0 Å². The second-order valence-electron chi connectivity index (χ2n) is 5.44. The van der Waals surface area contributed by atoms with Crippen LogP contribution in [0.25, 0.3) is 0 Å². The number of hydrogen-bond donors (Lipinski definition) is 2. The van der Waals surface area contributed by atoms with Gasteiger partial charge in [-0.1, -0.05) is 12.1 Å². The summed E-state index contributed by atoms with van der Waals surface area (Å²) in [7, 11) is -3.25. The summed E-state index contributed by atoms with van der Waals surface area (Å²) >= 11 is 0. The second kappa shape index (κ2) is 4.77. The molecule has 0 amide bonds. The first-order valence-corrected chi connectivity index (χ1v) is 8.08. The van der Waals surface area contributed by atoms with Crippen molar-refractivity contribution in [3.63, 3.8) is 0 Å². The highest BCUT2D eigenvalue weighted by molar-refractivity contribution is 7.92. The molecule has 1 unspecified atom stereocenters. The van der Waals surface area contributed by atoms with Crippen LogP contribution >= 0.6 is 0 Å². The average Bonchev–Trinajstić information content (AvgIpc) is 2.75. The number of benzene rings is 1. The maximum atomic E-state index is 11.9. The van der Waals surface area contributed by atoms with Crippen LogP contribution < -0.4 is 16.0 Å². The minimum Gasteiger partial charge on any atom is -0.493 e. The maximum Gasteiger partial charge on any atom is 0.154 e. The topological polar surface area (TPSA) is 81.4 Å². The number of nitrogens with one attached hydrogen (secondary N) is 1. The molecule has 0 aliphatic carbocycles. The van der Waals surface area contributed by atoms with Gasteiger partial charge in [0.15, 0.2) is 9.84 Å². The SMILES string of the molecule is CC(C)(C(NN)c1ccc2c(c1)CCO2)S(C)(=O)=O. The van der Waals surface area contributed by atoms with Gasteiger partial charge in [0.25, 0.3) is 0 Å². The van der Waals surface area contributed by atoms with E-state index in [0.717, 1.165) is 23.3 Å². The molecule has 1 aromatic carbocycles. The van der Waals surface area contributed by atoms with Gasteiger partial charge in [-0.05, 0) is 31.0 Å². The Morgan fingerprint density at radius 2 is 2.11 bits per heavy atom. The molecular weight excluding hydrogens is 264 g/mol. The van der Waals surface area contributed by atoms with Crippen LogP contribution in [-0.4, -0.2) is 26.0 Å². The fourth-order valence-corrected chi connectivity index (χ4v) is 2.93. The summed E-state index contributed by atoms with van der Waals surface area (Å²) in [6.45, 7) is 4.03. The smallest absolute Gasteiger partial charge is 0.154 e. The lowest BCUT2D eigenvalue weighted by Crippen LogP contribution is -2.47. The Bertz CT molecular complexity index is 582. The van der Waals surface area contributed by atoms with Crippen LogP contribution in [0.3, 0.4) is 0 Å². The van der Waals surface area contributed by atoms with Crippen molar-refractivity contribution in [2.75, 3.05) is 12.9 Å². The van der Waals surface area contributed by atoms with Crippen LogP contribution in [0.1, 0.15) is 31.0 Å². The first-order chi connectivity index (χ1) is 8.77. The quantitative estimate of drug-likeness (QED) is 0.635. The molecule has 2 rings (SSSR count). The Morgan fingerprint density at radius 3 is 2.68 bits per heavy atom. The van der Waals surface area contributed by atoms with E-state index in [1.165, 1.54) is 6.26 Å². The zero-order chi connectivity index (χ0) is 14.3. The van der Waals surface area contributed by atoms with E-state index in [1.807, 2.05) is 18.2 Å². The van der Waals surface area contributed by atoms with Gasteiger partial charge in [0.1, 0.15) is 5.75 Å². The van der Waals surface area contributed by atoms with Crippen LogP contribution in [0.5, 0.6) is 5.75 Å². The molecule has 0 bridgehead atoms. The van der Waals surface area contributed by atoms with E-state index < -0.39 is 20.6 Å². The third kappa shape index (κ3) is 2.48. The molecule has 5 nitrogen and oxygen atoms in total. The second-order valence-corrected chi connectivity index (χ2v) is 8.04. The lowest BCUT2D eigenvalue weighted by Gasteiger charge is -2.32. The molecule has 3 N–H and O–H groups in total. The number of sulfone groups is 1. The van der Waals surface area contributed by atoms with Crippen molar-refractivity contribution in [1.29, 1.82) is 0 Å².